The van der Waals surface area contributed by atoms with E-state index >= 15 is 0 Å². The molecule has 0 unspecified atom stereocenters. The van der Waals surface area contributed by atoms with Crippen molar-refractivity contribution in [1.29, 1.82) is 0 Å². The van der Waals surface area contributed by atoms with E-state index in [1.165, 1.54) is 11.1 Å². The fourth-order valence-corrected chi connectivity index (χ4v) is 2.69. The average Bonchev–Trinajstić information content (AvgIpc) is 2.75. The lowest BCUT2D eigenvalue weighted by Crippen LogP contribution is -2.04. The van der Waals surface area contributed by atoms with Gasteiger partial charge in [0.1, 0.15) is 12.4 Å². The molecule has 0 saturated carbocycles. The van der Waals surface area contributed by atoms with Gasteiger partial charge in [-0.05, 0) is 52.1 Å². The predicted octanol–water partition coefficient (Wildman–Crippen LogP) is 3.81. The SMILES string of the molecule is CNCc1ccc(OCc2csc(Br)c2)cc1. The summed E-state index contributed by atoms with van der Waals surface area (Å²) < 4.78 is 6.84. The standard InChI is InChI=1S/C13H14BrNOS/c1-15-7-10-2-4-12(5-3-10)16-8-11-6-13(14)17-9-11/h2-6,9,15H,7-8H2,1H3. The summed E-state index contributed by atoms with van der Waals surface area (Å²) in [6.45, 7) is 1.51. The summed E-state index contributed by atoms with van der Waals surface area (Å²) in [7, 11) is 1.94. The molecule has 0 saturated heterocycles. The first-order valence-electron chi connectivity index (χ1n) is 5.37. The molecule has 17 heavy (non-hydrogen) atoms. The maximum Gasteiger partial charge on any atom is 0.119 e. The van der Waals surface area contributed by atoms with Crippen LogP contribution in [-0.4, -0.2) is 7.05 Å². The van der Waals surface area contributed by atoms with E-state index in [9.17, 15) is 0 Å². The van der Waals surface area contributed by atoms with Crippen LogP contribution in [0.4, 0.5) is 0 Å². The first-order chi connectivity index (χ1) is 8.28. The number of benzene rings is 1. The zero-order valence-corrected chi connectivity index (χ0v) is 12.0. The van der Waals surface area contributed by atoms with E-state index in [0.717, 1.165) is 16.1 Å². The van der Waals surface area contributed by atoms with Gasteiger partial charge in [0.2, 0.25) is 0 Å². The number of ether oxygens (including phenoxy) is 1. The lowest BCUT2D eigenvalue weighted by Gasteiger charge is -2.06. The maximum atomic E-state index is 5.70. The van der Waals surface area contributed by atoms with Gasteiger partial charge in [0.05, 0.1) is 3.79 Å². The normalized spacial score (nSPS) is 10.5. The number of hydrogen-bond acceptors (Lipinski definition) is 3. The zero-order valence-electron chi connectivity index (χ0n) is 9.57. The molecule has 4 heteroatoms. The van der Waals surface area contributed by atoms with Crippen molar-refractivity contribution in [3.05, 3.63) is 50.6 Å². The van der Waals surface area contributed by atoms with Crippen molar-refractivity contribution in [2.45, 2.75) is 13.2 Å². The molecular weight excluding hydrogens is 298 g/mol. The molecule has 90 valence electrons. The van der Waals surface area contributed by atoms with E-state index in [2.05, 4.69) is 44.8 Å². The third-order valence-corrected chi connectivity index (χ3v) is 3.88. The van der Waals surface area contributed by atoms with Crippen molar-refractivity contribution >= 4 is 27.3 Å². The van der Waals surface area contributed by atoms with Gasteiger partial charge in [-0.3, -0.25) is 0 Å². The molecule has 2 rings (SSSR count). The molecule has 2 nitrogen and oxygen atoms in total. The molecule has 1 aromatic heterocycles. The van der Waals surface area contributed by atoms with E-state index in [4.69, 9.17) is 4.74 Å². The molecular formula is C13H14BrNOS. The van der Waals surface area contributed by atoms with Crippen molar-refractivity contribution in [3.8, 4) is 5.75 Å². The molecule has 0 amide bonds. The van der Waals surface area contributed by atoms with E-state index in [1.54, 1.807) is 11.3 Å². The number of rotatable bonds is 5. The highest BCUT2D eigenvalue weighted by molar-refractivity contribution is 9.11. The van der Waals surface area contributed by atoms with Gasteiger partial charge in [0.15, 0.2) is 0 Å². The highest BCUT2D eigenvalue weighted by atomic mass is 79.9. The Kier molecular flexibility index (Phi) is 4.59. The van der Waals surface area contributed by atoms with Crippen molar-refractivity contribution < 1.29 is 4.74 Å². The van der Waals surface area contributed by atoms with E-state index in [-0.39, 0.29) is 0 Å². The lowest BCUT2D eigenvalue weighted by atomic mass is 10.2. The Balaban J connectivity index is 1.90. The van der Waals surface area contributed by atoms with E-state index in [1.807, 2.05) is 19.2 Å². The van der Waals surface area contributed by atoms with Crippen LogP contribution in [0.15, 0.2) is 39.5 Å². The molecule has 0 spiro atoms. The molecule has 0 aliphatic rings. The highest BCUT2D eigenvalue weighted by Crippen LogP contribution is 2.22. The molecule has 1 heterocycles. The van der Waals surface area contributed by atoms with E-state index in [0.29, 0.717) is 6.61 Å². The van der Waals surface area contributed by atoms with Crippen LogP contribution in [0, 0.1) is 0 Å². The van der Waals surface area contributed by atoms with Crippen LogP contribution in [0.1, 0.15) is 11.1 Å². The lowest BCUT2D eigenvalue weighted by molar-refractivity contribution is 0.306. The van der Waals surface area contributed by atoms with Crippen LogP contribution in [0.5, 0.6) is 5.75 Å². The van der Waals surface area contributed by atoms with Crippen LogP contribution < -0.4 is 10.1 Å². The number of nitrogens with one attached hydrogen (secondary N) is 1. The van der Waals surface area contributed by atoms with Crippen LogP contribution in [0.3, 0.4) is 0 Å². The smallest absolute Gasteiger partial charge is 0.119 e. The Morgan fingerprint density at radius 2 is 2.00 bits per heavy atom. The summed E-state index contributed by atoms with van der Waals surface area (Å²) in [4.78, 5) is 0. The second-order valence-electron chi connectivity index (χ2n) is 3.72. The first kappa shape index (κ1) is 12.6. The summed E-state index contributed by atoms with van der Waals surface area (Å²) in [6, 6.07) is 10.3. The summed E-state index contributed by atoms with van der Waals surface area (Å²) in [5.41, 5.74) is 2.46. The molecule has 0 atom stereocenters. The monoisotopic (exact) mass is 311 g/mol. The summed E-state index contributed by atoms with van der Waals surface area (Å²) in [5, 5.41) is 5.22. The number of hydrogen-bond donors (Lipinski definition) is 1. The molecule has 0 aliphatic carbocycles. The van der Waals surface area contributed by atoms with Crippen LogP contribution >= 0.6 is 27.3 Å². The first-order valence-corrected chi connectivity index (χ1v) is 7.04. The van der Waals surface area contributed by atoms with Gasteiger partial charge in [0.25, 0.3) is 0 Å². The van der Waals surface area contributed by atoms with Crippen LogP contribution in [0.2, 0.25) is 0 Å². The van der Waals surface area contributed by atoms with Crippen LogP contribution in [-0.2, 0) is 13.2 Å². The molecule has 0 aliphatic heterocycles. The third-order valence-electron chi connectivity index (χ3n) is 2.33. The Morgan fingerprint density at radius 3 is 2.59 bits per heavy atom. The van der Waals surface area contributed by atoms with E-state index < -0.39 is 0 Å². The van der Waals surface area contributed by atoms with Gasteiger partial charge in [-0.1, -0.05) is 12.1 Å². The zero-order chi connectivity index (χ0) is 12.1. The quantitative estimate of drug-likeness (QED) is 0.906. The Morgan fingerprint density at radius 1 is 1.24 bits per heavy atom. The van der Waals surface area contributed by atoms with Crippen molar-refractivity contribution in [1.82, 2.24) is 5.32 Å². The highest BCUT2D eigenvalue weighted by Gasteiger charge is 1.99. The van der Waals surface area contributed by atoms with Gasteiger partial charge in [-0.25, -0.2) is 0 Å². The molecule has 2 aromatic rings. The Bertz CT molecular complexity index is 467. The Labute approximate surface area is 114 Å². The summed E-state index contributed by atoms with van der Waals surface area (Å²) >= 11 is 5.12. The average molecular weight is 312 g/mol. The topological polar surface area (TPSA) is 21.3 Å². The van der Waals surface area contributed by atoms with Gasteiger partial charge < -0.3 is 10.1 Å². The van der Waals surface area contributed by atoms with Gasteiger partial charge in [-0.15, -0.1) is 11.3 Å². The maximum absolute atomic E-state index is 5.70. The van der Waals surface area contributed by atoms with Gasteiger partial charge in [0, 0.05) is 12.1 Å². The molecule has 1 aromatic carbocycles. The predicted molar refractivity (Wildman–Crippen MR) is 75.6 cm³/mol. The van der Waals surface area contributed by atoms with Gasteiger partial charge >= 0.3 is 0 Å². The summed E-state index contributed by atoms with van der Waals surface area (Å²) in [6.07, 6.45) is 0. The summed E-state index contributed by atoms with van der Waals surface area (Å²) in [5.74, 6) is 0.909. The second-order valence-corrected chi connectivity index (χ2v) is 6.01. The molecule has 0 bridgehead atoms. The van der Waals surface area contributed by atoms with Crippen molar-refractivity contribution in [2.75, 3.05) is 7.05 Å². The minimum atomic E-state index is 0.619. The minimum Gasteiger partial charge on any atom is -0.489 e. The van der Waals surface area contributed by atoms with Crippen molar-refractivity contribution in [3.63, 3.8) is 0 Å². The number of thiophene rings is 1. The fraction of sp³-hybridized carbons (Fsp3) is 0.231. The number of halogens is 1. The molecule has 1 N–H and O–H groups in total. The fourth-order valence-electron chi connectivity index (χ4n) is 1.50. The second kappa shape index (κ2) is 6.19. The largest absolute Gasteiger partial charge is 0.489 e. The minimum absolute atomic E-state index is 0.619. The Hall–Kier alpha value is -0.840. The molecule has 0 radical (unpaired) electrons. The molecule has 0 fully saturated rings. The van der Waals surface area contributed by atoms with Crippen LogP contribution in [0.25, 0.3) is 0 Å². The van der Waals surface area contributed by atoms with Crippen molar-refractivity contribution in [2.24, 2.45) is 0 Å². The third kappa shape index (κ3) is 3.84. The van der Waals surface area contributed by atoms with Gasteiger partial charge in [-0.2, -0.15) is 0 Å².